The summed E-state index contributed by atoms with van der Waals surface area (Å²) in [5.41, 5.74) is 1.26. The van der Waals surface area contributed by atoms with Crippen LogP contribution in [0.15, 0.2) is 36.4 Å². The Morgan fingerprint density at radius 1 is 1.11 bits per heavy atom. The molecule has 1 saturated heterocycles. The highest BCUT2D eigenvalue weighted by Crippen LogP contribution is 2.32. The molecule has 0 spiro atoms. The van der Waals surface area contributed by atoms with E-state index < -0.39 is 11.6 Å². The fourth-order valence-corrected chi connectivity index (χ4v) is 3.91. The van der Waals surface area contributed by atoms with E-state index >= 15 is 0 Å². The van der Waals surface area contributed by atoms with Crippen LogP contribution in [0.5, 0.6) is 10.9 Å². The summed E-state index contributed by atoms with van der Waals surface area (Å²) in [6.07, 6.45) is 0.351. The summed E-state index contributed by atoms with van der Waals surface area (Å²) < 4.78 is 32.8. The van der Waals surface area contributed by atoms with E-state index in [1.807, 2.05) is 17.0 Å². The van der Waals surface area contributed by atoms with Crippen molar-refractivity contribution in [2.24, 2.45) is 0 Å². The first-order valence-electron chi connectivity index (χ1n) is 8.96. The number of hydrogen-bond donors (Lipinski definition) is 0. The Kier molecular flexibility index (Phi) is 5.23. The third kappa shape index (κ3) is 4.13. The van der Waals surface area contributed by atoms with Gasteiger partial charge in [0.15, 0.2) is 11.6 Å². The van der Waals surface area contributed by atoms with Crippen molar-refractivity contribution in [2.45, 2.75) is 6.42 Å². The van der Waals surface area contributed by atoms with Crippen LogP contribution in [-0.4, -0.2) is 53.9 Å². The zero-order valence-corrected chi connectivity index (χ0v) is 16.1. The number of carbonyl (C=O) groups is 1. The van der Waals surface area contributed by atoms with Gasteiger partial charge in [-0.05, 0) is 30.8 Å². The lowest BCUT2D eigenvalue weighted by Crippen LogP contribution is -2.47. The number of nitrogens with zero attached hydrogens (tertiary/aromatic N) is 3. The maximum absolute atomic E-state index is 13.3. The van der Waals surface area contributed by atoms with Crippen LogP contribution in [0.4, 0.5) is 8.78 Å². The van der Waals surface area contributed by atoms with Gasteiger partial charge in [-0.25, -0.2) is 13.8 Å². The van der Waals surface area contributed by atoms with Crippen molar-refractivity contribution in [3.05, 3.63) is 53.6 Å². The van der Waals surface area contributed by atoms with Crippen LogP contribution in [0.1, 0.15) is 5.56 Å². The van der Waals surface area contributed by atoms with E-state index in [9.17, 15) is 13.6 Å². The van der Waals surface area contributed by atoms with Crippen LogP contribution < -0.4 is 4.74 Å². The molecule has 0 bridgehead atoms. The molecule has 0 aliphatic carbocycles. The second-order valence-electron chi connectivity index (χ2n) is 6.82. The topological polar surface area (TPSA) is 45.7 Å². The van der Waals surface area contributed by atoms with Gasteiger partial charge in [0.25, 0.3) is 5.19 Å². The first-order valence-corrected chi connectivity index (χ1v) is 9.78. The lowest BCUT2D eigenvalue weighted by atomic mass is 10.1. The summed E-state index contributed by atoms with van der Waals surface area (Å²) in [4.78, 5) is 20.7. The minimum atomic E-state index is -0.932. The molecule has 0 atom stereocenters. The number of fused-ring (bicyclic) bond motifs is 1. The molecule has 5 nitrogen and oxygen atoms in total. The Labute approximate surface area is 165 Å². The number of likely N-dealkylation sites (N-methyl/N-ethyl adjacent to an activating group) is 1. The zero-order chi connectivity index (χ0) is 19.7. The zero-order valence-electron chi connectivity index (χ0n) is 15.3. The van der Waals surface area contributed by atoms with Gasteiger partial charge < -0.3 is 14.5 Å². The monoisotopic (exact) mass is 403 g/mol. The Hall–Kier alpha value is -2.58. The molecule has 0 unspecified atom stereocenters. The molecule has 1 aliphatic rings. The fraction of sp³-hybridized carbons (Fsp3) is 0.300. The molecular weight excluding hydrogens is 384 g/mol. The second-order valence-corrected chi connectivity index (χ2v) is 7.81. The third-order valence-electron chi connectivity index (χ3n) is 4.75. The van der Waals surface area contributed by atoms with Gasteiger partial charge in [-0.15, -0.1) is 0 Å². The van der Waals surface area contributed by atoms with Gasteiger partial charge in [-0.2, -0.15) is 0 Å². The highest BCUT2D eigenvalue weighted by atomic mass is 32.1. The number of piperazine rings is 1. The number of halogens is 2. The molecule has 2 heterocycles. The normalized spacial score (nSPS) is 15.2. The Morgan fingerprint density at radius 2 is 1.79 bits per heavy atom. The van der Waals surface area contributed by atoms with Gasteiger partial charge in [-0.1, -0.05) is 23.5 Å². The quantitative estimate of drug-likeness (QED) is 0.667. The van der Waals surface area contributed by atoms with Crippen molar-refractivity contribution < 1.29 is 18.3 Å². The van der Waals surface area contributed by atoms with E-state index in [1.54, 1.807) is 12.1 Å². The highest BCUT2D eigenvalue weighted by molar-refractivity contribution is 7.20. The van der Waals surface area contributed by atoms with Crippen molar-refractivity contribution in [1.29, 1.82) is 0 Å². The molecule has 1 aliphatic heterocycles. The van der Waals surface area contributed by atoms with Crippen molar-refractivity contribution in [1.82, 2.24) is 14.8 Å². The van der Waals surface area contributed by atoms with Crippen LogP contribution in [0, 0.1) is 11.6 Å². The number of amides is 1. The number of rotatable bonds is 4. The van der Waals surface area contributed by atoms with Crippen LogP contribution in [0.25, 0.3) is 10.2 Å². The summed E-state index contributed by atoms with van der Waals surface area (Å²) in [5.74, 6) is -1.16. The smallest absolute Gasteiger partial charge is 0.279 e. The SMILES string of the molecule is CN1CCN(C(=O)Cc2ccc(Oc3nc4cc(F)c(F)cc4s3)cc2)CC1. The predicted molar refractivity (Wildman–Crippen MR) is 104 cm³/mol. The first-order chi connectivity index (χ1) is 13.5. The number of ether oxygens (including phenoxy) is 1. The number of thiazole rings is 1. The molecule has 146 valence electrons. The number of carbonyl (C=O) groups excluding carboxylic acids is 1. The van der Waals surface area contributed by atoms with E-state index in [-0.39, 0.29) is 5.91 Å². The van der Waals surface area contributed by atoms with Crippen molar-refractivity contribution in [3.63, 3.8) is 0 Å². The van der Waals surface area contributed by atoms with Crippen LogP contribution in [0.2, 0.25) is 0 Å². The molecule has 4 rings (SSSR count). The molecule has 0 N–H and O–H groups in total. The van der Waals surface area contributed by atoms with Gasteiger partial charge >= 0.3 is 0 Å². The summed E-state index contributed by atoms with van der Waals surface area (Å²) >= 11 is 1.14. The van der Waals surface area contributed by atoms with Gasteiger partial charge in [-0.3, -0.25) is 4.79 Å². The molecule has 1 fully saturated rings. The predicted octanol–water partition coefficient (Wildman–Crippen LogP) is 3.68. The maximum atomic E-state index is 13.3. The average molecular weight is 403 g/mol. The van der Waals surface area contributed by atoms with Crippen LogP contribution >= 0.6 is 11.3 Å². The number of hydrogen-bond acceptors (Lipinski definition) is 5. The summed E-state index contributed by atoms with van der Waals surface area (Å²) in [7, 11) is 2.05. The Bertz CT molecular complexity index is 960. The molecular formula is C20H19F2N3O2S. The van der Waals surface area contributed by atoms with E-state index in [0.29, 0.717) is 27.6 Å². The molecule has 8 heteroatoms. The van der Waals surface area contributed by atoms with E-state index in [4.69, 9.17) is 4.74 Å². The van der Waals surface area contributed by atoms with Gasteiger partial charge in [0, 0.05) is 32.2 Å². The van der Waals surface area contributed by atoms with E-state index in [1.165, 1.54) is 0 Å². The lowest BCUT2D eigenvalue weighted by Gasteiger charge is -2.32. The molecule has 28 heavy (non-hydrogen) atoms. The van der Waals surface area contributed by atoms with E-state index in [2.05, 4.69) is 16.9 Å². The molecule has 1 aromatic heterocycles. The van der Waals surface area contributed by atoms with Gasteiger partial charge in [0.05, 0.1) is 16.6 Å². The summed E-state index contributed by atoms with van der Waals surface area (Å²) in [6, 6.07) is 9.38. The minimum absolute atomic E-state index is 0.122. The molecule has 2 aromatic carbocycles. The average Bonchev–Trinajstić information content (AvgIpc) is 3.05. The Morgan fingerprint density at radius 3 is 2.50 bits per heavy atom. The second kappa shape index (κ2) is 7.81. The summed E-state index contributed by atoms with van der Waals surface area (Å²) in [5, 5.41) is 0.307. The molecule has 1 amide bonds. The van der Waals surface area contributed by atoms with Crippen LogP contribution in [-0.2, 0) is 11.2 Å². The van der Waals surface area contributed by atoms with Crippen molar-refractivity contribution >= 4 is 27.5 Å². The molecule has 0 saturated carbocycles. The number of aromatic nitrogens is 1. The van der Waals surface area contributed by atoms with Gasteiger partial charge in [0.2, 0.25) is 5.91 Å². The first kappa shape index (κ1) is 18.8. The van der Waals surface area contributed by atoms with Gasteiger partial charge in [0.1, 0.15) is 5.75 Å². The highest BCUT2D eigenvalue weighted by Gasteiger charge is 2.19. The largest absolute Gasteiger partial charge is 0.431 e. The molecule has 3 aromatic rings. The minimum Gasteiger partial charge on any atom is -0.431 e. The standard InChI is InChI=1S/C20H19F2N3O2S/c1-24-6-8-25(9-7-24)19(26)10-13-2-4-14(5-3-13)27-20-23-17-11-15(21)16(22)12-18(17)28-20/h2-5,11-12H,6-10H2,1H3. The third-order valence-corrected chi connectivity index (χ3v) is 5.65. The fourth-order valence-electron chi connectivity index (χ4n) is 3.06. The number of benzene rings is 2. The van der Waals surface area contributed by atoms with E-state index in [0.717, 1.165) is 55.2 Å². The lowest BCUT2D eigenvalue weighted by molar-refractivity contribution is -0.132. The van der Waals surface area contributed by atoms with Crippen molar-refractivity contribution in [2.75, 3.05) is 33.2 Å². The Balaban J connectivity index is 1.40. The summed E-state index contributed by atoms with van der Waals surface area (Å²) in [6.45, 7) is 3.31. The van der Waals surface area contributed by atoms with Crippen LogP contribution in [0.3, 0.4) is 0 Å². The maximum Gasteiger partial charge on any atom is 0.279 e. The van der Waals surface area contributed by atoms with Crippen molar-refractivity contribution in [3.8, 4) is 10.9 Å². The molecule has 0 radical (unpaired) electrons.